The van der Waals surface area contributed by atoms with E-state index in [9.17, 15) is 0 Å². The van der Waals surface area contributed by atoms with Gasteiger partial charge in [-0.15, -0.1) is 11.8 Å². The summed E-state index contributed by atoms with van der Waals surface area (Å²) >= 11 is 1.93. The van der Waals surface area contributed by atoms with E-state index in [0.29, 0.717) is 12.6 Å². The molecule has 1 unspecified atom stereocenters. The van der Waals surface area contributed by atoms with Gasteiger partial charge < -0.3 is 5.11 Å². The normalized spacial score (nSPS) is 30.9. The van der Waals surface area contributed by atoms with Gasteiger partial charge in [-0.3, -0.25) is 5.32 Å². The molecule has 0 saturated carbocycles. The van der Waals surface area contributed by atoms with Gasteiger partial charge in [-0.05, 0) is 20.3 Å². The van der Waals surface area contributed by atoms with Crippen LogP contribution in [0.2, 0.25) is 0 Å². The van der Waals surface area contributed by atoms with E-state index in [-0.39, 0.29) is 4.87 Å². The first-order chi connectivity index (χ1) is 4.64. The first-order valence-electron chi connectivity index (χ1n) is 3.66. The van der Waals surface area contributed by atoms with E-state index in [1.165, 1.54) is 0 Å². The minimum absolute atomic E-state index is 0.222. The largest absolute Gasteiger partial charge is 0.396 e. The van der Waals surface area contributed by atoms with E-state index in [1.807, 2.05) is 11.8 Å². The summed E-state index contributed by atoms with van der Waals surface area (Å²) in [6, 6.07) is 0.519. The summed E-state index contributed by atoms with van der Waals surface area (Å²) < 4.78 is 0. The maximum atomic E-state index is 8.65. The molecule has 2 nitrogen and oxygen atoms in total. The molecule has 1 aliphatic heterocycles. The number of thioether (sulfide) groups is 1. The van der Waals surface area contributed by atoms with Gasteiger partial charge in [-0.1, -0.05) is 0 Å². The molecule has 2 N–H and O–H groups in total. The molecule has 0 aromatic rings. The highest BCUT2D eigenvalue weighted by atomic mass is 32.2. The summed E-state index contributed by atoms with van der Waals surface area (Å²) in [5.74, 6) is 1.13. The zero-order valence-electron chi connectivity index (χ0n) is 6.55. The first kappa shape index (κ1) is 8.37. The van der Waals surface area contributed by atoms with Crippen molar-refractivity contribution in [2.24, 2.45) is 0 Å². The molecule has 0 radical (unpaired) electrons. The van der Waals surface area contributed by atoms with Crippen LogP contribution in [0, 0.1) is 0 Å². The summed E-state index contributed by atoms with van der Waals surface area (Å²) in [5, 5.41) is 12.1. The average Bonchev–Trinajstić information content (AvgIpc) is 2.12. The molecule has 1 fully saturated rings. The van der Waals surface area contributed by atoms with Gasteiger partial charge in [0.1, 0.15) is 0 Å². The van der Waals surface area contributed by atoms with E-state index in [0.717, 1.165) is 12.2 Å². The molecular weight excluding hydrogens is 146 g/mol. The van der Waals surface area contributed by atoms with Gasteiger partial charge in [0, 0.05) is 18.4 Å². The SMILES string of the molecule is CC1(C)NC(CCO)CS1. The van der Waals surface area contributed by atoms with Crippen molar-refractivity contribution in [1.29, 1.82) is 0 Å². The van der Waals surface area contributed by atoms with Crippen molar-refractivity contribution in [3.8, 4) is 0 Å². The molecule has 1 atom stereocenters. The van der Waals surface area contributed by atoms with Crippen molar-refractivity contribution < 1.29 is 5.11 Å². The Morgan fingerprint density at radius 2 is 2.40 bits per heavy atom. The molecule has 1 rings (SSSR count). The molecule has 0 aromatic heterocycles. The van der Waals surface area contributed by atoms with Crippen LogP contribution < -0.4 is 5.32 Å². The Hall–Kier alpha value is 0.270. The fraction of sp³-hybridized carbons (Fsp3) is 1.00. The topological polar surface area (TPSA) is 32.3 Å². The zero-order valence-corrected chi connectivity index (χ0v) is 7.37. The van der Waals surface area contributed by atoms with Gasteiger partial charge >= 0.3 is 0 Å². The van der Waals surface area contributed by atoms with Crippen LogP contribution in [0.4, 0.5) is 0 Å². The number of rotatable bonds is 2. The minimum atomic E-state index is 0.222. The highest BCUT2D eigenvalue weighted by Crippen LogP contribution is 2.29. The van der Waals surface area contributed by atoms with Crippen LogP contribution in [-0.2, 0) is 0 Å². The monoisotopic (exact) mass is 161 g/mol. The van der Waals surface area contributed by atoms with Crippen molar-refractivity contribution in [1.82, 2.24) is 5.32 Å². The highest BCUT2D eigenvalue weighted by molar-refractivity contribution is 8.00. The molecule has 0 spiro atoms. The van der Waals surface area contributed by atoms with Crippen LogP contribution in [0.1, 0.15) is 20.3 Å². The summed E-state index contributed by atoms with van der Waals surface area (Å²) in [7, 11) is 0. The molecule has 0 bridgehead atoms. The second-order valence-electron chi connectivity index (χ2n) is 3.17. The maximum absolute atomic E-state index is 8.65. The predicted molar refractivity (Wildman–Crippen MR) is 45.2 cm³/mol. The number of aliphatic hydroxyl groups is 1. The molecule has 1 aliphatic rings. The molecule has 1 heterocycles. The van der Waals surface area contributed by atoms with E-state index in [2.05, 4.69) is 19.2 Å². The molecular formula is C7H15NOS. The summed E-state index contributed by atoms with van der Waals surface area (Å²) in [6.45, 7) is 4.65. The fourth-order valence-corrected chi connectivity index (χ4v) is 2.31. The van der Waals surface area contributed by atoms with Crippen LogP contribution in [0.25, 0.3) is 0 Å². The van der Waals surface area contributed by atoms with E-state index in [4.69, 9.17) is 5.11 Å². The van der Waals surface area contributed by atoms with Crippen LogP contribution in [0.15, 0.2) is 0 Å². The second kappa shape index (κ2) is 3.11. The van der Waals surface area contributed by atoms with Gasteiger partial charge in [0.2, 0.25) is 0 Å². The molecule has 0 aliphatic carbocycles. The van der Waals surface area contributed by atoms with Gasteiger partial charge in [0.05, 0.1) is 4.87 Å². The standard InChI is InChI=1S/C7H15NOS/c1-7(2)8-6(3-4-9)5-10-7/h6,8-9H,3-5H2,1-2H3. The zero-order chi connectivity index (χ0) is 7.61. The fourth-order valence-electron chi connectivity index (χ4n) is 1.20. The molecule has 1 saturated heterocycles. The van der Waals surface area contributed by atoms with Gasteiger partial charge in [-0.2, -0.15) is 0 Å². The second-order valence-corrected chi connectivity index (χ2v) is 4.82. The Balaban J connectivity index is 2.29. The molecule has 60 valence electrons. The van der Waals surface area contributed by atoms with Crippen LogP contribution in [0.5, 0.6) is 0 Å². The van der Waals surface area contributed by atoms with Crippen LogP contribution in [0.3, 0.4) is 0 Å². The first-order valence-corrected chi connectivity index (χ1v) is 4.65. The Labute approximate surface area is 66.4 Å². The quantitative estimate of drug-likeness (QED) is 0.628. The Kier molecular flexibility index (Phi) is 2.61. The Bertz CT molecular complexity index is 116. The Morgan fingerprint density at radius 1 is 1.70 bits per heavy atom. The van der Waals surface area contributed by atoms with Crippen LogP contribution >= 0.6 is 11.8 Å². The van der Waals surface area contributed by atoms with Crippen molar-refractivity contribution in [2.75, 3.05) is 12.4 Å². The highest BCUT2D eigenvalue weighted by Gasteiger charge is 2.29. The predicted octanol–water partition coefficient (Wildman–Crippen LogP) is 0.810. The Morgan fingerprint density at radius 3 is 2.80 bits per heavy atom. The third-order valence-corrected chi connectivity index (χ3v) is 3.08. The van der Waals surface area contributed by atoms with E-state index in [1.54, 1.807) is 0 Å². The van der Waals surface area contributed by atoms with E-state index >= 15 is 0 Å². The average molecular weight is 161 g/mol. The van der Waals surface area contributed by atoms with Gasteiger partial charge in [0.15, 0.2) is 0 Å². The summed E-state index contributed by atoms with van der Waals surface area (Å²) in [6.07, 6.45) is 0.885. The van der Waals surface area contributed by atoms with Crippen molar-refractivity contribution in [2.45, 2.75) is 31.2 Å². The van der Waals surface area contributed by atoms with Crippen molar-refractivity contribution >= 4 is 11.8 Å². The van der Waals surface area contributed by atoms with Crippen molar-refractivity contribution in [3.05, 3.63) is 0 Å². The molecule has 10 heavy (non-hydrogen) atoms. The number of aliphatic hydroxyl groups excluding tert-OH is 1. The minimum Gasteiger partial charge on any atom is -0.396 e. The molecule has 3 heteroatoms. The third kappa shape index (κ3) is 2.15. The van der Waals surface area contributed by atoms with Gasteiger partial charge in [0.25, 0.3) is 0 Å². The summed E-state index contributed by atoms with van der Waals surface area (Å²) in [4.78, 5) is 0.222. The van der Waals surface area contributed by atoms with E-state index < -0.39 is 0 Å². The maximum Gasteiger partial charge on any atom is 0.0591 e. The number of nitrogens with one attached hydrogen (secondary N) is 1. The smallest absolute Gasteiger partial charge is 0.0591 e. The molecule has 0 amide bonds. The lowest BCUT2D eigenvalue weighted by Gasteiger charge is -2.18. The van der Waals surface area contributed by atoms with Crippen LogP contribution in [-0.4, -0.2) is 28.4 Å². The lowest BCUT2D eigenvalue weighted by Crippen LogP contribution is -2.36. The summed E-state index contributed by atoms with van der Waals surface area (Å²) in [5.41, 5.74) is 0. The lowest BCUT2D eigenvalue weighted by atomic mass is 10.2. The lowest BCUT2D eigenvalue weighted by molar-refractivity contribution is 0.268. The molecule has 0 aromatic carbocycles. The van der Waals surface area contributed by atoms with Crippen molar-refractivity contribution in [3.63, 3.8) is 0 Å². The van der Waals surface area contributed by atoms with Gasteiger partial charge in [-0.25, -0.2) is 0 Å². The number of hydrogen-bond acceptors (Lipinski definition) is 3. The third-order valence-electron chi connectivity index (χ3n) is 1.67. The number of hydrogen-bond donors (Lipinski definition) is 2.